The summed E-state index contributed by atoms with van der Waals surface area (Å²) < 4.78 is 72.9. The lowest BCUT2D eigenvalue weighted by Gasteiger charge is -2.23. The van der Waals surface area contributed by atoms with E-state index in [1.165, 1.54) is 0 Å². The fourth-order valence-electron chi connectivity index (χ4n) is 0.788. The van der Waals surface area contributed by atoms with Gasteiger partial charge in [0.05, 0.1) is 6.42 Å². The van der Waals surface area contributed by atoms with Crippen LogP contribution in [0.2, 0.25) is 0 Å². The van der Waals surface area contributed by atoms with Gasteiger partial charge < -0.3 is 0 Å². The van der Waals surface area contributed by atoms with E-state index in [-0.39, 0.29) is 0 Å². The van der Waals surface area contributed by atoms with Gasteiger partial charge in [-0.1, -0.05) is 0 Å². The van der Waals surface area contributed by atoms with Gasteiger partial charge in [-0.3, -0.25) is 0 Å². The van der Waals surface area contributed by atoms with Gasteiger partial charge in [-0.15, -0.1) is 11.6 Å². The zero-order valence-electron chi connectivity index (χ0n) is 5.30. The van der Waals surface area contributed by atoms with Gasteiger partial charge in [-0.2, -0.15) is 26.3 Å². The maximum absolute atomic E-state index is 12.2. The van der Waals surface area contributed by atoms with Crippen molar-refractivity contribution in [1.82, 2.24) is 0 Å². The van der Waals surface area contributed by atoms with Crippen LogP contribution >= 0.6 is 11.6 Å². The van der Waals surface area contributed by atoms with E-state index in [0.29, 0.717) is 0 Å². The van der Waals surface area contributed by atoms with Gasteiger partial charge in [-0.05, 0) is 0 Å². The van der Waals surface area contributed by atoms with Crippen LogP contribution in [0.25, 0.3) is 0 Å². The summed E-state index contributed by atoms with van der Waals surface area (Å²) in [4.78, 5) is 0. The molecule has 0 nitrogen and oxygen atoms in total. The Bertz CT molecular complexity index is 200. The lowest BCUT2D eigenvalue weighted by Crippen LogP contribution is -2.48. The largest absolute Gasteiger partial charge is 0.373 e. The molecule has 0 aromatic heterocycles. The van der Waals surface area contributed by atoms with Crippen molar-refractivity contribution >= 4 is 11.6 Å². The van der Waals surface area contributed by atoms with Crippen LogP contribution in [0, 0.1) is 6.42 Å². The van der Waals surface area contributed by atoms with Crippen LogP contribution in [0.1, 0.15) is 0 Å². The zero-order chi connectivity index (χ0) is 9.78. The summed E-state index contributed by atoms with van der Waals surface area (Å²) in [6, 6.07) is 0. The first-order chi connectivity index (χ1) is 5.13. The molecule has 0 spiro atoms. The first-order valence-electron chi connectivity index (χ1n) is 2.76. The highest BCUT2D eigenvalue weighted by molar-refractivity contribution is 6.22. The third kappa shape index (κ3) is 0.932. The summed E-state index contributed by atoms with van der Waals surface area (Å²) >= 11 is 4.61. The van der Waals surface area contributed by atoms with Crippen LogP contribution < -0.4 is 0 Å². The second-order valence-electron chi connectivity index (χ2n) is 2.39. The first kappa shape index (κ1) is 9.95. The third-order valence-corrected chi connectivity index (χ3v) is 1.94. The molecular formula is C5H2ClF6. The SMILES string of the molecule is FC1(F)[CH]C(Cl)C(F)(F)C1(F)F. The molecule has 12 heavy (non-hydrogen) atoms. The van der Waals surface area contributed by atoms with E-state index >= 15 is 0 Å². The highest BCUT2D eigenvalue weighted by Crippen LogP contribution is 2.57. The lowest BCUT2D eigenvalue weighted by atomic mass is 10.2. The molecular weight excluding hydrogens is 209 g/mol. The van der Waals surface area contributed by atoms with Gasteiger partial charge in [0.2, 0.25) is 0 Å². The zero-order valence-corrected chi connectivity index (χ0v) is 6.06. The van der Waals surface area contributed by atoms with Crippen molar-refractivity contribution in [2.24, 2.45) is 0 Å². The number of alkyl halides is 7. The fraction of sp³-hybridized carbons (Fsp3) is 0.800. The van der Waals surface area contributed by atoms with Crippen LogP contribution in [0.5, 0.6) is 0 Å². The Morgan fingerprint density at radius 3 is 1.50 bits per heavy atom. The summed E-state index contributed by atoms with van der Waals surface area (Å²) in [5, 5.41) is -2.64. The van der Waals surface area contributed by atoms with Crippen molar-refractivity contribution in [2.45, 2.75) is 23.1 Å². The molecule has 0 N–H and O–H groups in total. The highest BCUT2D eigenvalue weighted by Gasteiger charge is 2.80. The number of hydrogen-bond acceptors (Lipinski definition) is 0. The number of halogens is 7. The van der Waals surface area contributed by atoms with Gasteiger partial charge in [-0.25, -0.2) is 0 Å². The Morgan fingerprint density at radius 1 is 1.00 bits per heavy atom. The average molecular weight is 212 g/mol. The van der Waals surface area contributed by atoms with Crippen LogP contribution in [-0.2, 0) is 0 Å². The van der Waals surface area contributed by atoms with Crippen LogP contribution in [0.15, 0.2) is 0 Å². The standard InChI is InChI=1S/C5H2ClF6/c6-2-1-3(7,8)5(11,12)4(2,9)10/h1-2H. The maximum Gasteiger partial charge on any atom is 0.373 e. The fourth-order valence-corrected chi connectivity index (χ4v) is 1.08. The van der Waals surface area contributed by atoms with Gasteiger partial charge in [0, 0.05) is 0 Å². The van der Waals surface area contributed by atoms with E-state index in [9.17, 15) is 26.3 Å². The van der Waals surface area contributed by atoms with Gasteiger partial charge >= 0.3 is 17.8 Å². The van der Waals surface area contributed by atoms with E-state index < -0.39 is 29.6 Å². The van der Waals surface area contributed by atoms with Crippen molar-refractivity contribution in [3.63, 3.8) is 0 Å². The minimum atomic E-state index is -5.40. The van der Waals surface area contributed by atoms with Crippen molar-refractivity contribution in [1.29, 1.82) is 0 Å². The van der Waals surface area contributed by atoms with Crippen LogP contribution in [0.4, 0.5) is 26.3 Å². The Labute approximate surface area is 68.5 Å². The first-order valence-corrected chi connectivity index (χ1v) is 3.20. The predicted molar refractivity (Wildman–Crippen MR) is 28.8 cm³/mol. The van der Waals surface area contributed by atoms with E-state index in [1.54, 1.807) is 0 Å². The van der Waals surface area contributed by atoms with E-state index in [1.807, 2.05) is 0 Å². The molecule has 0 aromatic carbocycles. The van der Waals surface area contributed by atoms with Crippen molar-refractivity contribution in [3.8, 4) is 0 Å². The van der Waals surface area contributed by atoms with Gasteiger partial charge in [0.25, 0.3) is 0 Å². The maximum atomic E-state index is 12.2. The molecule has 1 saturated carbocycles. The normalized spacial score (nSPS) is 36.8. The molecule has 71 valence electrons. The molecule has 1 atom stereocenters. The predicted octanol–water partition coefficient (Wildman–Crippen LogP) is 2.72. The Hall–Kier alpha value is -0.130. The third-order valence-electron chi connectivity index (χ3n) is 1.54. The minimum Gasteiger partial charge on any atom is -0.199 e. The molecule has 1 fully saturated rings. The van der Waals surface area contributed by atoms with Crippen LogP contribution in [-0.4, -0.2) is 23.1 Å². The molecule has 7 heteroatoms. The smallest absolute Gasteiger partial charge is 0.199 e. The van der Waals surface area contributed by atoms with E-state index in [0.717, 1.165) is 0 Å². The van der Waals surface area contributed by atoms with Crippen molar-refractivity contribution < 1.29 is 26.3 Å². The highest BCUT2D eigenvalue weighted by atomic mass is 35.5. The van der Waals surface area contributed by atoms with E-state index in [4.69, 9.17) is 0 Å². The summed E-state index contributed by atoms with van der Waals surface area (Å²) in [5.41, 5.74) is 0. The molecule has 1 rings (SSSR count). The summed E-state index contributed by atoms with van der Waals surface area (Å²) in [6.45, 7) is 0. The summed E-state index contributed by atoms with van der Waals surface area (Å²) in [5.74, 6) is -15.1. The molecule has 1 aliphatic carbocycles. The van der Waals surface area contributed by atoms with E-state index in [2.05, 4.69) is 11.6 Å². The van der Waals surface area contributed by atoms with Crippen LogP contribution in [0.3, 0.4) is 0 Å². The van der Waals surface area contributed by atoms with Gasteiger partial charge in [0.15, 0.2) is 0 Å². The molecule has 1 radical (unpaired) electrons. The molecule has 1 unspecified atom stereocenters. The Kier molecular flexibility index (Phi) is 1.84. The molecule has 0 aliphatic heterocycles. The summed E-state index contributed by atoms with van der Waals surface area (Å²) in [7, 11) is 0. The number of rotatable bonds is 0. The topological polar surface area (TPSA) is 0 Å². The second-order valence-corrected chi connectivity index (χ2v) is 2.86. The molecule has 0 amide bonds. The molecule has 0 heterocycles. The van der Waals surface area contributed by atoms with Gasteiger partial charge in [0.1, 0.15) is 5.38 Å². The minimum absolute atomic E-state index is 0.547. The number of hydrogen-bond donors (Lipinski definition) is 0. The molecule has 0 aromatic rings. The molecule has 0 saturated heterocycles. The molecule has 0 bridgehead atoms. The van der Waals surface area contributed by atoms with Crippen molar-refractivity contribution in [2.75, 3.05) is 0 Å². The van der Waals surface area contributed by atoms with Crippen molar-refractivity contribution in [3.05, 3.63) is 6.42 Å². The molecule has 1 aliphatic rings. The average Bonchev–Trinajstić information content (AvgIpc) is 1.92. The quantitative estimate of drug-likeness (QED) is 0.427. The second kappa shape index (κ2) is 2.21. The summed E-state index contributed by atoms with van der Waals surface area (Å²) in [6.07, 6.45) is -0.547. The Morgan fingerprint density at radius 2 is 1.42 bits per heavy atom. The Balaban J connectivity index is 3.10. The lowest BCUT2D eigenvalue weighted by molar-refractivity contribution is -0.265. The monoisotopic (exact) mass is 211 g/mol.